The molecule has 2 atom stereocenters. The Bertz CT molecular complexity index is 389. The topological polar surface area (TPSA) is 18.5 Å². The summed E-state index contributed by atoms with van der Waals surface area (Å²) in [5.41, 5.74) is 1.44. The van der Waals surface area contributed by atoms with E-state index in [-0.39, 0.29) is 11.7 Å². The van der Waals surface area contributed by atoms with Gasteiger partial charge in [-0.3, -0.25) is 0 Å². The maximum Gasteiger partial charge on any atom is 0.157 e. The molecule has 1 aromatic rings. The van der Waals surface area contributed by atoms with Gasteiger partial charge in [-0.05, 0) is 37.7 Å². The maximum absolute atomic E-state index is 6.10. The van der Waals surface area contributed by atoms with Gasteiger partial charge in [0.15, 0.2) is 6.29 Å². The molecule has 2 rings (SSSR count). The second kappa shape index (κ2) is 8.92. The Morgan fingerprint density at radius 1 is 1.24 bits per heavy atom. The first kappa shape index (κ1) is 17.0. The van der Waals surface area contributed by atoms with Gasteiger partial charge in [0.25, 0.3) is 0 Å². The molecular formula is C18H27BrO2. The molecule has 1 aromatic carbocycles. The molecule has 0 aromatic heterocycles. The Morgan fingerprint density at radius 3 is 2.71 bits per heavy atom. The average molecular weight is 355 g/mol. The van der Waals surface area contributed by atoms with Crippen LogP contribution in [0, 0.1) is 0 Å². The normalized spacial score (nSPS) is 21.9. The molecule has 1 heterocycles. The Labute approximate surface area is 137 Å². The molecule has 0 radical (unpaired) electrons. The van der Waals surface area contributed by atoms with E-state index in [9.17, 15) is 0 Å². The molecule has 1 saturated heterocycles. The Balaban J connectivity index is 1.97. The fourth-order valence-corrected chi connectivity index (χ4v) is 3.27. The highest BCUT2D eigenvalue weighted by molar-refractivity contribution is 9.09. The van der Waals surface area contributed by atoms with Crippen molar-refractivity contribution in [2.75, 3.05) is 18.5 Å². The third kappa shape index (κ3) is 5.39. The molecule has 118 valence electrons. The van der Waals surface area contributed by atoms with Crippen molar-refractivity contribution in [3.63, 3.8) is 0 Å². The van der Waals surface area contributed by atoms with Crippen LogP contribution in [0.25, 0.3) is 0 Å². The zero-order chi connectivity index (χ0) is 15.0. The van der Waals surface area contributed by atoms with E-state index in [1.807, 2.05) is 0 Å². The van der Waals surface area contributed by atoms with Crippen LogP contribution in [0.3, 0.4) is 0 Å². The lowest BCUT2D eigenvalue weighted by Gasteiger charge is -2.33. The van der Waals surface area contributed by atoms with Crippen LogP contribution in [0.4, 0.5) is 0 Å². The van der Waals surface area contributed by atoms with Crippen LogP contribution in [0.5, 0.6) is 0 Å². The number of hydrogen-bond donors (Lipinski definition) is 0. The average Bonchev–Trinajstić information content (AvgIpc) is 2.55. The Hall–Kier alpha value is -0.380. The monoisotopic (exact) mass is 354 g/mol. The molecular weight excluding hydrogens is 328 g/mol. The van der Waals surface area contributed by atoms with E-state index in [1.165, 1.54) is 31.2 Å². The molecule has 0 N–H and O–H groups in total. The third-order valence-electron chi connectivity index (χ3n) is 4.31. The largest absolute Gasteiger partial charge is 0.353 e. The molecule has 1 aliphatic rings. The molecule has 3 heteroatoms. The number of halogens is 1. The first-order valence-electron chi connectivity index (χ1n) is 8.09. The van der Waals surface area contributed by atoms with Crippen LogP contribution in [-0.4, -0.2) is 24.8 Å². The van der Waals surface area contributed by atoms with Crippen molar-refractivity contribution in [1.29, 1.82) is 0 Å². The molecule has 0 bridgehead atoms. The number of unbranched alkanes of at least 4 members (excludes halogenated alkanes) is 1. The second-order valence-electron chi connectivity index (χ2n) is 6.18. The predicted molar refractivity (Wildman–Crippen MR) is 91.0 cm³/mol. The van der Waals surface area contributed by atoms with Crippen LogP contribution >= 0.6 is 15.9 Å². The lowest BCUT2D eigenvalue weighted by molar-refractivity contribution is -0.171. The summed E-state index contributed by atoms with van der Waals surface area (Å²) in [7, 11) is 0. The van der Waals surface area contributed by atoms with Gasteiger partial charge in [0, 0.05) is 17.4 Å². The zero-order valence-corrected chi connectivity index (χ0v) is 14.6. The lowest BCUT2D eigenvalue weighted by Crippen LogP contribution is -2.33. The van der Waals surface area contributed by atoms with E-state index < -0.39 is 0 Å². The highest BCUT2D eigenvalue weighted by Gasteiger charge is 2.28. The predicted octanol–water partition coefficient (Wildman–Crippen LogP) is 5.05. The summed E-state index contributed by atoms with van der Waals surface area (Å²) in [5, 5.41) is 1.07. The summed E-state index contributed by atoms with van der Waals surface area (Å²) < 4.78 is 11.8. The van der Waals surface area contributed by atoms with Crippen LogP contribution in [0.15, 0.2) is 30.3 Å². The Morgan fingerprint density at radius 2 is 2.05 bits per heavy atom. The van der Waals surface area contributed by atoms with Crippen LogP contribution in [0.2, 0.25) is 0 Å². The van der Waals surface area contributed by atoms with Crippen LogP contribution < -0.4 is 0 Å². The van der Waals surface area contributed by atoms with Crippen molar-refractivity contribution in [1.82, 2.24) is 0 Å². The number of hydrogen-bond acceptors (Lipinski definition) is 2. The minimum atomic E-state index is -0.00189. The van der Waals surface area contributed by atoms with E-state index >= 15 is 0 Å². The first-order valence-corrected chi connectivity index (χ1v) is 9.21. The molecule has 0 unspecified atom stereocenters. The standard InChI is InChI=1S/C18H27BrO2/c1-18(12-6-7-13-19,16-9-3-2-4-10-16)15-21-17-11-5-8-14-20-17/h2-4,9-10,17H,5-8,11-15H2,1H3/t17-,18-/m1/s1. The van der Waals surface area contributed by atoms with Crippen molar-refractivity contribution < 1.29 is 9.47 Å². The summed E-state index contributed by atoms with van der Waals surface area (Å²) in [6, 6.07) is 10.8. The quantitative estimate of drug-likeness (QED) is 0.480. The number of alkyl halides is 1. The van der Waals surface area contributed by atoms with E-state index in [1.54, 1.807) is 0 Å². The van der Waals surface area contributed by atoms with Gasteiger partial charge < -0.3 is 9.47 Å². The SMILES string of the molecule is C[C@@](CCCCBr)(CO[C@@H]1CCCCO1)c1ccccc1. The van der Waals surface area contributed by atoms with E-state index in [0.29, 0.717) is 0 Å². The van der Waals surface area contributed by atoms with Crippen molar-refractivity contribution in [2.45, 2.75) is 57.2 Å². The summed E-state index contributed by atoms with van der Waals surface area (Å²) in [6.45, 7) is 3.90. The van der Waals surface area contributed by atoms with Gasteiger partial charge in [0.1, 0.15) is 0 Å². The fourth-order valence-electron chi connectivity index (χ4n) is 2.87. The second-order valence-corrected chi connectivity index (χ2v) is 6.97. The minimum Gasteiger partial charge on any atom is -0.353 e. The number of rotatable bonds is 8. The van der Waals surface area contributed by atoms with E-state index in [4.69, 9.17) is 9.47 Å². The lowest BCUT2D eigenvalue weighted by atomic mass is 9.79. The molecule has 0 aliphatic carbocycles. The fraction of sp³-hybridized carbons (Fsp3) is 0.667. The first-order chi connectivity index (χ1) is 10.2. The van der Waals surface area contributed by atoms with Gasteiger partial charge >= 0.3 is 0 Å². The number of ether oxygens (including phenoxy) is 2. The third-order valence-corrected chi connectivity index (χ3v) is 4.87. The minimum absolute atomic E-state index is 0.00189. The van der Waals surface area contributed by atoms with Crippen molar-refractivity contribution in [3.8, 4) is 0 Å². The maximum atomic E-state index is 6.10. The van der Waals surface area contributed by atoms with Gasteiger partial charge in [-0.1, -0.05) is 59.6 Å². The Kier molecular flexibility index (Phi) is 7.21. The van der Waals surface area contributed by atoms with Crippen LogP contribution in [-0.2, 0) is 14.9 Å². The highest BCUT2D eigenvalue weighted by Crippen LogP contribution is 2.31. The summed E-state index contributed by atoms with van der Waals surface area (Å²) >= 11 is 3.52. The van der Waals surface area contributed by atoms with Gasteiger partial charge in [-0.25, -0.2) is 0 Å². The van der Waals surface area contributed by atoms with E-state index in [2.05, 4.69) is 53.2 Å². The summed E-state index contributed by atoms with van der Waals surface area (Å²) in [4.78, 5) is 0. The van der Waals surface area contributed by atoms with Gasteiger partial charge in [0.2, 0.25) is 0 Å². The van der Waals surface area contributed by atoms with Crippen molar-refractivity contribution in [3.05, 3.63) is 35.9 Å². The van der Waals surface area contributed by atoms with Gasteiger partial charge in [0.05, 0.1) is 6.61 Å². The van der Waals surface area contributed by atoms with Crippen molar-refractivity contribution >= 4 is 15.9 Å². The smallest absolute Gasteiger partial charge is 0.157 e. The van der Waals surface area contributed by atoms with Gasteiger partial charge in [-0.2, -0.15) is 0 Å². The molecule has 1 fully saturated rings. The summed E-state index contributed by atoms with van der Waals surface area (Å²) in [6.07, 6.45) is 6.99. The summed E-state index contributed by atoms with van der Waals surface area (Å²) in [5.74, 6) is 0. The molecule has 21 heavy (non-hydrogen) atoms. The molecule has 0 saturated carbocycles. The van der Waals surface area contributed by atoms with Crippen LogP contribution in [0.1, 0.15) is 51.0 Å². The highest BCUT2D eigenvalue weighted by atomic mass is 79.9. The molecule has 0 spiro atoms. The molecule has 1 aliphatic heterocycles. The molecule has 2 nitrogen and oxygen atoms in total. The molecule has 0 amide bonds. The van der Waals surface area contributed by atoms with E-state index in [0.717, 1.165) is 31.4 Å². The van der Waals surface area contributed by atoms with Crippen molar-refractivity contribution in [2.24, 2.45) is 0 Å². The number of benzene rings is 1. The van der Waals surface area contributed by atoms with Gasteiger partial charge in [-0.15, -0.1) is 0 Å². The zero-order valence-electron chi connectivity index (χ0n) is 13.0.